The molecule has 20 heavy (non-hydrogen) atoms. The molecule has 1 aromatic carbocycles. The van der Waals surface area contributed by atoms with Crippen molar-refractivity contribution in [2.45, 2.75) is 0 Å². The van der Waals surface area contributed by atoms with Crippen LogP contribution in [0.4, 0.5) is 5.82 Å². The molecule has 0 fully saturated rings. The lowest BCUT2D eigenvalue weighted by Crippen LogP contribution is -1.92. The molecule has 0 radical (unpaired) electrons. The van der Waals surface area contributed by atoms with E-state index in [0.29, 0.717) is 5.82 Å². The number of allylic oxidation sites excluding steroid dienone is 1. The molecular weight excluding hydrogens is 250 g/mol. The predicted octanol–water partition coefficient (Wildman–Crippen LogP) is 3.94. The third kappa shape index (κ3) is 2.92. The Hall–Kier alpha value is -2.88. The van der Waals surface area contributed by atoms with Gasteiger partial charge in [0.2, 0.25) is 0 Å². The van der Waals surface area contributed by atoms with Crippen LogP contribution in [-0.4, -0.2) is 11.2 Å². The van der Waals surface area contributed by atoms with Gasteiger partial charge in [0.25, 0.3) is 0 Å². The number of benzene rings is 1. The molecule has 0 unspecified atom stereocenters. The molecule has 0 atom stereocenters. The van der Waals surface area contributed by atoms with Gasteiger partial charge < -0.3 is 4.42 Å². The Balaban J connectivity index is 1.64. The van der Waals surface area contributed by atoms with E-state index in [0.717, 1.165) is 16.7 Å². The number of nitrogens with zero attached hydrogens (tertiary/aromatic N) is 2. The zero-order chi connectivity index (χ0) is 13.6. The van der Waals surface area contributed by atoms with Crippen molar-refractivity contribution in [1.82, 2.24) is 4.98 Å². The van der Waals surface area contributed by atoms with Crippen molar-refractivity contribution in [1.29, 1.82) is 0 Å². The Labute approximate surface area is 116 Å². The first-order chi connectivity index (χ1) is 9.92. The fourth-order valence-corrected chi connectivity index (χ4v) is 1.80. The summed E-state index contributed by atoms with van der Waals surface area (Å²) in [5, 5.41) is 5.19. The summed E-state index contributed by atoms with van der Waals surface area (Å²) >= 11 is 0. The van der Waals surface area contributed by atoms with Crippen LogP contribution in [0, 0.1) is 0 Å². The molecule has 0 aliphatic rings. The van der Waals surface area contributed by atoms with Crippen LogP contribution in [-0.2, 0) is 0 Å². The van der Waals surface area contributed by atoms with E-state index in [1.165, 1.54) is 0 Å². The average Bonchev–Trinajstić information content (AvgIpc) is 3.00. The number of anilines is 1. The summed E-state index contributed by atoms with van der Waals surface area (Å²) in [5.74, 6) is 1.51. The zero-order valence-corrected chi connectivity index (χ0v) is 10.7. The number of aromatic nitrogens is 1. The first-order valence-corrected chi connectivity index (χ1v) is 6.27. The topological polar surface area (TPSA) is 50.4 Å². The summed E-state index contributed by atoms with van der Waals surface area (Å²) in [4.78, 5) is 4.46. The number of pyridine rings is 1. The molecule has 0 aliphatic heterocycles. The van der Waals surface area contributed by atoms with Crippen molar-refractivity contribution in [2.75, 3.05) is 5.43 Å². The van der Waals surface area contributed by atoms with E-state index in [-0.39, 0.29) is 0 Å². The normalized spacial score (nSPS) is 11.6. The minimum Gasteiger partial charge on any atom is -0.465 e. The second-order valence-electron chi connectivity index (χ2n) is 4.15. The second kappa shape index (κ2) is 5.84. The largest absolute Gasteiger partial charge is 0.465 e. The van der Waals surface area contributed by atoms with Gasteiger partial charge in [0.15, 0.2) is 0 Å². The molecule has 0 saturated heterocycles. The molecule has 98 valence electrons. The summed E-state index contributed by atoms with van der Waals surface area (Å²) in [5.41, 5.74) is 3.84. The van der Waals surface area contributed by atoms with E-state index in [9.17, 15) is 0 Å². The van der Waals surface area contributed by atoms with E-state index in [4.69, 9.17) is 4.42 Å². The van der Waals surface area contributed by atoms with Gasteiger partial charge in [-0.1, -0.05) is 18.2 Å². The minimum atomic E-state index is 0.714. The molecule has 2 heterocycles. The van der Waals surface area contributed by atoms with Crippen molar-refractivity contribution in [3.05, 3.63) is 66.6 Å². The van der Waals surface area contributed by atoms with Gasteiger partial charge in [-0.3, -0.25) is 5.43 Å². The van der Waals surface area contributed by atoms with Crippen LogP contribution in [0.5, 0.6) is 0 Å². The first-order valence-electron chi connectivity index (χ1n) is 6.27. The Morgan fingerprint density at radius 2 is 2.00 bits per heavy atom. The van der Waals surface area contributed by atoms with Gasteiger partial charge in [-0.15, -0.1) is 0 Å². The molecule has 0 spiro atoms. The quantitative estimate of drug-likeness (QED) is 0.573. The van der Waals surface area contributed by atoms with Crippen molar-refractivity contribution in [3.63, 3.8) is 0 Å². The van der Waals surface area contributed by atoms with Crippen LogP contribution in [0.3, 0.4) is 0 Å². The van der Waals surface area contributed by atoms with E-state index in [2.05, 4.69) is 15.5 Å². The number of nitrogens with one attached hydrogen (secondary N) is 1. The van der Waals surface area contributed by atoms with E-state index in [1.54, 1.807) is 18.6 Å². The Morgan fingerprint density at radius 1 is 1.05 bits per heavy atom. The van der Waals surface area contributed by atoms with Gasteiger partial charge in [-0.2, -0.15) is 5.10 Å². The standard InChI is InChI=1S/C16H13N3O/c1-2-8-15-13(5-1)9-10-16(18-15)19-17-11-3-6-14-7-4-12-20-14/h1-12H,(H,18,19)/b6-3+,17-11-. The average molecular weight is 263 g/mol. The van der Waals surface area contributed by atoms with Crippen molar-refractivity contribution < 1.29 is 4.42 Å². The van der Waals surface area contributed by atoms with E-state index < -0.39 is 0 Å². The molecule has 0 amide bonds. The third-order valence-corrected chi connectivity index (χ3v) is 2.74. The first kappa shape index (κ1) is 12.2. The molecule has 4 nitrogen and oxygen atoms in total. The Morgan fingerprint density at radius 3 is 2.90 bits per heavy atom. The lowest BCUT2D eigenvalue weighted by molar-refractivity contribution is 0.557. The molecule has 0 aliphatic carbocycles. The summed E-state index contributed by atoms with van der Waals surface area (Å²) in [6.07, 6.45) is 6.92. The van der Waals surface area contributed by atoms with Gasteiger partial charge >= 0.3 is 0 Å². The van der Waals surface area contributed by atoms with E-state index >= 15 is 0 Å². The highest BCUT2D eigenvalue weighted by molar-refractivity contribution is 5.81. The van der Waals surface area contributed by atoms with Crippen LogP contribution >= 0.6 is 0 Å². The lowest BCUT2D eigenvalue weighted by Gasteiger charge is -2.00. The fraction of sp³-hybridized carbons (Fsp3) is 0. The molecule has 3 rings (SSSR count). The van der Waals surface area contributed by atoms with Crippen LogP contribution in [0.15, 0.2) is 70.4 Å². The van der Waals surface area contributed by atoms with Crippen molar-refractivity contribution in [2.24, 2.45) is 5.10 Å². The molecule has 3 aromatic rings. The monoisotopic (exact) mass is 263 g/mol. The van der Waals surface area contributed by atoms with Gasteiger partial charge in [0.1, 0.15) is 11.6 Å². The molecule has 4 heteroatoms. The van der Waals surface area contributed by atoms with Crippen molar-refractivity contribution >= 4 is 29.0 Å². The Bertz CT molecular complexity index is 745. The fourth-order valence-electron chi connectivity index (χ4n) is 1.80. The molecule has 1 N–H and O–H groups in total. The second-order valence-corrected chi connectivity index (χ2v) is 4.15. The van der Waals surface area contributed by atoms with Crippen LogP contribution in [0.2, 0.25) is 0 Å². The zero-order valence-electron chi connectivity index (χ0n) is 10.7. The van der Waals surface area contributed by atoms with Gasteiger partial charge in [-0.25, -0.2) is 4.98 Å². The lowest BCUT2D eigenvalue weighted by atomic mass is 10.2. The van der Waals surface area contributed by atoms with Gasteiger partial charge in [-0.05, 0) is 42.5 Å². The maximum absolute atomic E-state index is 5.17. The Kier molecular flexibility index (Phi) is 3.55. The molecule has 2 aromatic heterocycles. The number of fused-ring (bicyclic) bond motifs is 1. The molecule has 0 saturated carbocycles. The molecule has 0 bridgehead atoms. The maximum atomic E-state index is 5.17. The summed E-state index contributed by atoms with van der Waals surface area (Å²) < 4.78 is 5.17. The molecular formula is C16H13N3O. The van der Waals surface area contributed by atoms with E-state index in [1.807, 2.05) is 54.6 Å². The minimum absolute atomic E-state index is 0.714. The number of furan rings is 1. The number of para-hydroxylation sites is 1. The van der Waals surface area contributed by atoms with Crippen molar-refractivity contribution in [3.8, 4) is 0 Å². The SMILES string of the molecule is C(/C=C/c1ccco1)=N/Nc1ccc2ccccc2n1. The number of hydrazone groups is 1. The maximum Gasteiger partial charge on any atom is 0.146 e. The van der Waals surface area contributed by atoms with Gasteiger partial charge in [0, 0.05) is 11.6 Å². The summed E-state index contributed by atoms with van der Waals surface area (Å²) in [7, 11) is 0. The predicted molar refractivity (Wildman–Crippen MR) is 81.6 cm³/mol. The highest BCUT2D eigenvalue weighted by Gasteiger charge is 1.95. The van der Waals surface area contributed by atoms with Crippen LogP contribution in [0.25, 0.3) is 17.0 Å². The smallest absolute Gasteiger partial charge is 0.146 e. The highest BCUT2D eigenvalue weighted by atomic mass is 16.3. The van der Waals surface area contributed by atoms with Gasteiger partial charge in [0.05, 0.1) is 11.8 Å². The number of hydrogen-bond acceptors (Lipinski definition) is 4. The number of rotatable bonds is 4. The van der Waals surface area contributed by atoms with Crippen LogP contribution < -0.4 is 5.43 Å². The third-order valence-electron chi connectivity index (χ3n) is 2.74. The number of hydrogen-bond donors (Lipinski definition) is 1. The summed E-state index contributed by atoms with van der Waals surface area (Å²) in [6, 6.07) is 15.6. The van der Waals surface area contributed by atoms with Crippen LogP contribution in [0.1, 0.15) is 5.76 Å². The highest BCUT2D eigenvalue weighted by Crippen LogP contribution is 2.14. The summed E-state index contributed by atoms with van der Waals surface area (Å²) in [6.45, 7) is 0.